The van der Waals surface area contributed by atoms with Crippen molar-refractivity contribution in [2.45, 2.75) is 51.4 Å². The fourth-order valence-electron chi connectivity index (χ4n) is 3.82. The van der Waals surface area contributed by atoms with Gasteiger partial charge in [-0.1, -0.05) is 6.92 Å². The molecule has 0 saturated carbocycles. The predicted molar refractivity (Wildman–Crippen MR) is 127 cm³/mol. The van der Waals surface area contributed by atoms with E-state index in [4.69, 9.17) is 5.73 Å². The maximum Gasteiger partial charge on any atom is 0.419 e. The molecule has 0 bridgehead atoms. The molecular formula is C23H27F5N8O. The zero-order chi connectivity index (χ0) is 27.4. The van der Waals surface area contributed by atoms with E-state index in [9.17, 15) is 26.7 Å². The molecule has 0 aromatic carbocycles. The molecule has 0 spiro atoms. The number of rotatable bonds is 7. The summed E-state index contributed by atoms with van der Waals surface area (Å²) in [5.41, 5.74) is 4.88. The molecule has 1 fully saturated rings. The van der Waals surface area contributed by atoms with Gasteiger partial charge in [0, 0.05) is 50.0 Å². The van der Waals surface area contributed by atoms with Crippen LogP contribution in [0.1, 0.15) is 38.6 Å². The van der Waals surface area contributed by atoms with Crippen LogP contribution in [0.25, 0.3) is 5.57 Å². The van der Waals surface area contributed by atoms with Gasteiger partial charge < -0.3 is 16.0 Å². The molecule has 1 aliphatic heterocycles. The molecule has 3 heterocycles. The highest BCUT2D eigenvalue weighted by molar-refractivity contribution is 6.17. The lowest BCUT2D eigenvalue weighted by Crippen LogP contribution is -2.58. The quantitative estimate of drug-likeness (QED) is 0.322. The van der Waals surface area contributed by atoms with Crippen molar-refractivity contribution in [1.82, 2.24) is 24.8 Å². The highest BCUT2D eigenvalue weighted by Gasteiger charge is 2.46. The third-order valence-electron chi connectivity index (χ3n) is 5.62. The molecule has 200 valence electrons. The summed E-state index contributed by atoms with van der Waals surface area (Å²) in [6.07, 6.45) is 0.337. The van der Waals surface area contributed by atoms with Crippen molar-refractivity contribution in [2.75, 3.05) is 18.4 Å². The number of aromatic nitrogens is 4. The van der Waals surface area contributed by atoms with E-state index in [1.807, 2.05) is 0 Å². The topological polar surface area (TPSA) is 122 Å². The largest absolute Gasteiger partial charge is 0.419 e. The van der Waals surface area contributed by atoms with Gasteiger partial charge in [0.2, 0.25) is 5.95 Å². The van der Waals surface area contributed by atoms with Gasteiger partial charge in [0.25, 0.3) is 11.8 Å². The average Bonchev–Trinajstić information content (AvgIpc) is 2.82. The van der Waals surface area contributed by atoms with E-state index in [1.165, 1.54) is 18.6 Å². The van der Waals surface area contributed by atoms with E-state index in [0.29, 0.717) is 12.4 Å². The van der Waals surface area contributed by atoms with Crippen molar-refractivity contribution < 1.29 is 26.7 Å². The maximum atomic E-state index is 14.5. The van der Waals surface area contributed by atoms with Crippen molar-refractivity contribution in [3.63, 3.8) is 0 Å². The molecule has 37 heavy (non-hydrogen) atoms. The number of halogens is 5. The van der Waals surface area contributed by atoms with E-state index < -0.39 is 48.5 Å². The van der Waals surface area contributed by atoms with Crippen LogP contribution >= 0.6 is 0 Å². The minimum absolute atomic E-state index is 0.0821. The Morgan fingerprint density at radius 3 is 2.43 bits per heavy atom. The number of nitrogens with two attached hydrogens (primary N) is 1. The standard InChI is InChI=1S/C23H27F5N8O/c1-13(2)32-10-16(19-30-5-4-6-31-19)18(29)20(37)36-12-22(24,25)7-14(3)17(36)11-35-21-33-8-15(9-34-21)23(26,27)28/h4-6,8-10,13-14,17H,7,11-12,29H2,1-3H3,(H,33,34,35). The molecule has 9 nitrogen and oxygen atoms in total. The average molecular weight is 527 g/mol. The lowest BCUT2D eigenvalue weighted by molar-refractivity contribution is -0.148. The van der Waals surface area contributed by atoms with Crippen LogP contribution in [0.3, 0.4) is 0 Å². The lowest BCUT2D eigenvalue weighted by atomic mass is 9.88. The maximum absolute atomic E-state index is 14.5. The monoisotopic (exact) mass is 526 g/mol. The summed E-state index contributed by atoms with van der Waals surface area (Å²) >= 11 is 0. The van der Waals surface area contributed by atoms with Gasteiger partial charge in [-0.3, -0.25) is 9.79 Å². The predicted octanol–water partition coefficient (Wildman–Crippen LogP) is 3.42. The number of likely N-dealkylation sites (tertiary alicyclic amines) is 1. The third kappa shape index (κ3) is 7.17. The summed E-state index contributed by atoms with van der Waals surface area (Å²) < 4.78 is 67.4. The van der Waals surface area contributed by atoms with Gasteiger partial charge in [0.05, 0.1) is 23.7 Å². The molecule has 14 heteroatoms. The Morgan fingerprint density at radius 2 is 1.86 bits per heavy atom. The van der Waals surface area contributed by atoms with Crippen molar-refractivity contribution >= 4 is 23.6 Å². The van der Waals surface area contributed by atoms with Crippen LogP contribution in [-0.2, 0) is 11.0 Å². The van der Waals surface area contributed by atoms with E-state index in [1.54, 1.807) is 26.8 Å². The van der Waals surface area contributed by atoms with Crippen LogP contribution in [0.2, 0.25) is 0 Å². The number of carbonyl (C=O) groups is 1. The highest BCUT2D eigenvalue weighted by atomic mass is 19.4. The lowest BCUT2D eigenvalue weighted by Gasteiger charge is -2.43. The Hall–Kier alpha value is -3.71. The van der Waals surface area contributed by atoms with Crippen molar-refractivity contribution in [3.8, 4) is 0 Å². The van der Waals surface area contributed by atoms with Crippen LogP contribution in [0.5, 0.6) is 0 Å². The van der Waals surface area contributed by atoms with Gasteiger partial charge in [0.1, 0.15) is 5.70 Å². The first kappa shape index (κ1) is 27.9. The number of carbonyl (C=O) groups excluding carboxylic acids is 1. The smallest absolute Gasteiger partial charge is 0.394 e. The van der Waals surface area contributed by atoms with E-state index in [2.05, 4.69) is 30.2 Å². The summed E-state index contributed by atoms with van der Waals surface area (Å²) in [4.78, 5) is 34.1. The van der Waals surface area contributed by atoms with Crippen molar-refractivity contribution in [3.05, 3.63) is 47.9 Å². The fraction of sp³-hybridized carbons (Fsp3) is 0.478. The van der Waals surface area contributed by atoms with Gasteiger partial charge in [-0.15, -0.1) is 0 Å². The number of hydrogen-bond acceptors (Lipinski definition) is 8. The van der Waals surface area contributed by atoms with Crippen molar-refractivity contribution in [2.24, 2.45) is 16.6 Å². The Balaban J connectivity index is 1.91. The first-order valence-corrected chi connectivity index (χ1v) is 11.4. The van der Waals surface area contributed by atoms with Gasteiger partial charge >= 0.3 is 6.18 Å². The summed E-state index contributed by atoms with van der Waals surface area (Å²) in [5.74, 6) is -4.78. The SMILES string of the molecule is CC(C)N=CC(=C(N)C(=O)N1CC(F)(F)CC(C)C1CNc1ncc(C(F)(F)F)cn1)c1ncccn1. The molecule has 3 rings (SSSR count). The summed E-state index contributed by atoms with van der Waals surface area (Å²) in [5, 5.41) is 2.74. The Kier molecular flexibility index (Phi) is 8.39. The number of alkyl halides is 5. The number of anilines is 1. The molecule has 1 amide bonds. The second-order valence-electron chi connectivity index (χ2n) is 8.98. The molecular weight excluding hydrogens is 499 g/mol. The second kappa shape index (κ2) is 11.1. The number of allylic oxidation sites excluding steroid dienone is 1. The van der Waals surface area contributed by atoms with E-state index >= 15 is 0 Å². The summed E-state index contributed by atoms with van der Waals surface area (Å²) in [6.45, 7) is 4.15. The number of amides is 1. The first-order chi connectivity index (χ1) is 17.3. The van der Waals surface area contributed by atoms with E-state index in [0.717, 1.165) is 4.90 Å². The number of nitrogens with one attached hydrogen (secondary N) is 1. The van der Waals surface area contributed by atoms with Crippen LogP contribution in [-0.4, -0.2) is 68.1 Å². The van der Waals surface area contributed by atoms with E-state index in [-0.39, 0.29) is 35.6 Å². The number of nitrogens with zero attached hydrogens (tertiary/aromatic N) is 6. The third-order valence-corrected chi connectivity index (χ3v) is 5.62. The molecule has 1 aliphatic rings. The molecule has 1 saturated heterocycles. The zero-order valence-corrected chi connectivity index (χ0v) is 20.4. The summed E-state index contributed by atoms with van der Waals surface area (Å²) in [6, 6.07) is 0.620. The van der Waals surface area contributed by atoms with Crippen molar-refractivity contribution in [1.29, 1.82) is 0 Å². The van der Waals surface area contributed by atoms with Gasteiger partial charge in [-0.25, -0.2) is 28.7 Å². The van der Waals surface area contributed by atoms with Crippen LogP contribution in [0, 0.1) is 5.92 Å². The van der Waals surface area contributed by atoms with Gasteiger partial charge in [-0.05, 0) is 25.8 Å². The molecule has 0 aliphatic carbocycles. The number of aliphatic imine (C=N–C) groups is 1. The molecule has 2 atom stereocenters. The Labute approximate surface area is 210 Å². The molecule has 2 unspecified atom stereocenters. The van der Waals surface area contributed by atoms with Gasteiger partial charge in [-0.2, -0.15) is 13.2 Å². The zero-order valence-electron chi connectivity index (χ0n) is 20.4. The Morgan fingerprint density at radius 1 is 1.24 bits per heavy atom. The van der Waals surface area contributed by atoms with Crippen LogP contribution < -0.4 is 11.1 Å². The second-order valence-corrected chi connectivity index (χ2v) is 8.98. The molecule has 0 radical (unpaired) electrons. The summed E-state index contributed by atoms with van der Waals surface area (Å²) in [7, 11) is 0. The minimum Gasteiger partial charge on any atom is -0.394 e. The van der Waals surface area contributed by atoms with Gasteiger partial charge in [0.15, 0.2) is 5.82 Å². The van der Waals surface area contributed by atoms with Crippen LogP contribution in [0.15, 0.2) is 41.5 Å². The Bertz CT molecular complexity index is 1140. The first-order valence-electron chi connectivity index (χ1n) is 11.4. The normalized spacial score (nSPS) is 20.7. The minimum atomic E-state index is -4.60. The number of piperidine rings is 1. The molecule has 2 aromatic heterocycles. The molecule has 3 N–H and O–H groups in total. The van der Waals surface area contributed by atoms with Crippen LogP contribution in [0.4, 0.5) is 27.9 Å². The fourth-order valence-corrected chi connectivity index (χ4v) is 3.82. The highest BCUT2D eigenvalue weighted by Crippen LogP contribution is 2.35. The molecule has 2 aromatic rings. The number of hydrogen-bond donors (Lipinski definition) is 2.